The predicted molar refractivity (Wildman–Crippen MR) is 54.2 cm³/mol. The topological polar surface area (TPSA) is 46.6 Å². The summed E-state index contributed by atoms with van der Waals surface area (Å²) in [4.78, 5) is 0. The molecule has 0 fully saturated rings. The molecule has 0 amide bonds. The lowest BCUT2D eigenvalue weighted by Crippen LogP contribution is -2.31. The van der Waals surface area contributed by atoms with E-state index in [1.165, 1.54) is 6.07 Å². The molecular formula is C7H5Cl2NO3S. The number of nitrogens with zero attached hydrogens (tertiary/aromatic N) is 1. The molecule has 2 rings (SSSR count). The van der Waals surface area contributed by atoms with Crippen molar-refractivity contribution in [3.63, 3.8) is 0 Å². The van der Waals surface area contributed by atoms with Crippen LogP contribution in [-0.2, 0) is 10.0 Å². The second-order valence-electron chi connectivity index (χ2n) is 2.70. The van der Waals surface area contributed by atoms with E-state index >= 15 is 0 Å². The first-order chi connectivity index (χ1) is 6.50. The van der Waals surface area contributed by atoms with Crippen molar-refractivity contribution in [2.75, 3.05) is 9.76 Å². The number of fused-ring (bicyclic) bond motifs is 1. The molecule has 1 aliphatic rings. The minimum Gasteiger partial charge on any atom is -0.473 e. The molecule has 0 radical (unpaired) electrons. The summed E-state index contributed by atoms with van der Waals surface area (Å²) in [6.45, 7) is 0. The van der Waals surface area contributed by atoms with Crippen molar-refractivity contribution in [3.8, 4) is 5.75 Å². The molecule has 0 atom stereocenters. The van der Waals surface area contributed by atoms with Gasteiger partial charge in [-0.3, -0.25) is 0 Å². The highest BCUT2D eigenvalue weighted by atomic mass is 35.5. The van der Waals surface area contributed by atoms with E-state index in [2.05, 4.69) is 0 Å². The highest BCUT2D eigenvalue weighted by molar-refractivity contribution is 7.94. The van der Waals surface area contributed by atoms with Gasteiger partial charge in [0.25, 0.3) is 10.0 Å². The van der Waals surface area contributed by atoms with Crippen LogP contribution in [0.5, 0.6) is 5.75 Å². The summed E-state index contributed by atoms with van der Waals surface area (Å²) in [5.41, 5.74) is 0.241. The monoisotopic (exact) mass is 253 g/mol. The number of sulfonamides is 1. The van der Waals surface area contributed by atoms with Crippen LogP contribution in [0, 0.1) is 0 Å². The first-order valence-electron chi connectivity index (χ1n) is 3.62. The Bertz CT molecular complexity index is 474. The first-order valence-corrected chi connectivity index (χ1v) is 5.94. The van der Waals surface area contributed by atoms with Gasteiger partial charge in [-0.25, -0.2) is 8.42 Å². The van der Waals surface area contributed by atoms with E-state index in [4.69, 9.17) is 28.1 Å². The molecule has 0 bridgehead atoms. The Balaban J connectivity index is 2.59. The van der Waals surface area contributed by atoms with Gasteiger partial charge in [0.2, 0.25) is 5.94 Å². The second-order valence-corrected chi connectivity index (χ2v) is 5.44. The number of ether oxygens (including phenoxy) is 1. The maximum Gasteiger partial charge on any atom is 0.284 e. The molecule has 1 heterocycles. The molecular weight excluding hydrogens is 249 g/mol. The Hall–Kier alpha value is -0.650. The number of hydrogen-bond acceptors (Lipinski definition) is 3. The average molecular weight is 254 g/mol. The lowest BCUT2D eigenvalue weighted by atomic mass is 10.3. The molecule has 1 aromatic rings. The molecule has 76 valence electrons. The normalized spacial score (nSPS) is 18.6. The minimum absolute atomic E-state index is 0.241. The maximum absolute atomic E-state index is 11.3. The summed E-state index contributed by atoms with van der Waals surface area (Å²) in [5, 5.41) is 0.398. The van der Waals surface area contributed by atoms with Crippen LogP contribution in [0.15, 0.2) is 18.2 Å². The first kappa shape index (κ1) is 9.89. The summed E-state index contributed by atoms with van der Waals surface area (Å²) < 4.78 is 28.2. The standard InChI is InChI=1S/C7H5Cl2NO3S/c8-5-1-2-7-6(3-5)10(9)14(11,12)4-13-7/h1-3H,4H2. The van der Waals surface area contributed by atoms with Gasteiger partial charge in [-0.2, -0.15) is 3.82 Å². The largest absolute Gasteiger partial charge is 0.473 e. The van der Waals surface area contributed by atoms with Crippen molar-refractivity contribution < 1.29 is 13.2 Å². The third-order valence-electron chi connectivity index (χ3n) is 1.72. The summed E-state index contributed by atoms with van der Waals surface area (Å²) >= 11 is 11.3. The lowest BCUT2D eigenvalue weighted by Gasteiger charge is -2.24. The van der Waals surface area contributed by atoms with Crippen LogP contribution in [-0.4, -0.2) is 14.4 Å². The van der Waals surface area contributed by atoms with Gasteiger partial charge >= 0.3 is 0 Å². The molecule has 14 heavy (non-hydrogen) atoms. The van der Waals surface area contributed by atoms with E-state index in [1.54, 1.807) is 12.1 Å². The maximum atomic E-state index is 11.3. The summed E-state index contributed by atoms with van der Waals surface area (Å²) in [6, 6.07) is 4.60. The van der Waals surface area contributed by atoms with Gasteiger partial charge in [0.15, 0.2) is 0 Å². The average Bonchev–Trinajstić information content (AvgIpc) is 2.13. The molecule has 4 nitrogen and oxygen atoms in total. The van der Waals surface area contributed by atoms with Gasteiger partial charge in [-0.05, 0) is 18.2 Å². The number of benzene rings is 1. The van der Waals surface area contributed by atoms with Crippen LogP contribution in [0.25, 0.3) is 0 Å². The van der Waals surface area contributed by atoms with E-state index in [1.807, 2.05) is 0 Å². The Labute approximate surface area is 91.1 Å². The van der Waals surface area contributed by atoms with Crippen molar-refractivity contribution in [2.24, 2.45) is 0 Å². The zero-order valence-electron chi connectivity index (χ0n) is 6.78. The molecule has 0 aliphatic carbocycles. The smallest absolute Gasteiger partial charge is 0.284 e. The van der Waals surface area contributed by atoms with Crippen molar-refractivity contribution in [3.05, 3.63) is 23.2 Å². The molecule has 7 heteroatoms. The van der Waals surface area contributed by atoms with Gasteiger partial charge in [0.1, 0.15) is 11.4 Å². The Kier molecular flexibility index (Phi) is 2.25. The van der Waals surface area contributed by atoms with Crippen molar-refractivity contribution in [1.29, 1.82) is 0 Å². The summed E-state index contributed by atoms with van der Waals surface area (Å²) in [6.07, 6.45) is 0. The van der Waals surface area contributed by atoms with Crippen LogP contribution >= 0.6 is 23.4 Å². The fourth-order valence-electron chi connectivity index (χ4n) is 1.08. The van der Waals surface area contributed by atoms with Crippen LogP contribution in [0.4, 0.5) is 5.69 Å². The highest BCUT2D eigenvalue weighted by Crippen LogP contribution is 2.37. The van der Waals surface area contributed by atoms with Crippen LogP contribution in [0.2, 0.25) is 5.02 Å². The minimum atomic E-state index is -3.57. The van der Waals surface area contributed by atoms with Gasteiger partial charge in [0.05, 0.1) is 0 Å². The second kappa shape index (κ2) is 3.18. The Morgan fingerprint density at radius 2 is 2.14 bits per heavy atom. The zero-order chi connectivity index (χ0) is 10.3. The van der Waals surface area contributed by atoms with Crippen molar-refractivity contribution in [2.45, 2.75) is 0 Å². The van der Waals surface area contributed by atoms with E-state index in [0.29, 0.717) is 14.6 Å². The Morgan fingerprint density at radius 1 is 1.43 bits per heavy atom. The molecule has 0 aromatic heterocycles. The molecule has 0 saturated heterocycles. The number of anilines is 1. The Morgan fingerprint density at radius 3 is 2.86 bits per heavy atom. The van der Waals surface area contributed by atoms with E-state index in [0.717, 1.165) is 0 Å². The van der Waals surface area contributed by atoms with Crippen LogP contribution < -0.4 is 8.56 Å². The van der Waals surface area contributed by atoms with E-state index < -0.39 is 16.0 Å². The fourth-order valence-corrected chi connectivity index (χ4v) is 2.31. The fraction of sp³-hybridized carbons (Fsp3) is 0.143. The highest BCUT2D eigenvalue weighted by Gasteiger charge is 2.30. The molecule has 1 aromatic carbocycles. The molecule has 1 aliphatic heterocycles. The van der Waals surface area contributed by atoms with E-state index in [9.17, 15) is 8.42 Å². The zero-order valence-corrected chi connectivity index (χ0v) is 9.10. The van der Waals surface area contributed by atoms with Gasteiger partial charge < -0.3 is 4.74 Å². The van der Waals surface area contributed by atoms with Crippen LogP contribution in [0.3, 0.4) is 0 Å². The van der Waals surface area contributed by atoms with Gasteiger partial charge in [0, 0.05) is 16.8 Å². The van der Waals surface area contributed by atoms with E-state index in [-0.39, 0.29) is 5.69 Å². The summed E-state index contributed by atoms with van der Waals surface area (Å²) in [7, 11) is -3.57. The third kappa shape index (κ3) is 1.51. The number of rotatable bonds is 0. The quantitative estimate of drug-likeness (QED) is 0.665. The number of hydrogen-bond donors (Lipinski definition) is 0. The van der Waals surface area contributed by atoms with Gasteiger partial charge in [-0.1, -0.05) is 11.6 Å². The number of halogens is 2. The van der Waals surface area contributed by atoms with Crippen LogP contribution in [0.1, 0.15) is 0 Å². The van der Waals surface area contributed by atoms with Crippen molar-refractivity contribution in [1.82, 2.24) is 0 Å². The van der Waals surface area contributed by atoms with Crippen molar-refractivity contribution >= 4 is 39.1 Å². The SMILES string of the molecule is O=S1(=O)COc2ccc(Cl)cc2N1Cl. The predicted octanol–water partition coefficient (Wildman–Crippen LogP) is 1.98. The lowest BCUT2D eigenvalue weighted by molar-refractivity contribution is 0.372. The molecule has 0 unspecified atom stereocenters. The third-order valence-corrected chi connectivity index (χ3v) is 3.87. The molecule has 0 spiro atoms. The van der Waals surface area contributed by atoms with Gasteiger partial charge in [-0.15, -0.1) is 0 Å². The molecule has 0 N–H and O–H groups in total. The molecule has 0 saturated carbocycles. The summed E-state index contributed by atoms with van der Waals surface area (Å²) in [5.74, 6) is -0.0512.